The second-order valence-corrected chi connectivity index (χ2v) is 4.04. The molecule has 0 radical (unpaired) electrons. The molecule has 0 saturated carbocycles. The average Bonchev–Trinajstić information content (AvgIpc) is 2.35. The number of rotatable bonds is 6. The molecule has 1 atom stereocenters. The lowest BCUT2D eigenvalue weighted by Gasteiger charge is -2.13. The highest BCUT2D eigenvalue weighted by Crippen LogP contribution is 2.24. The van der Waals surface area contributed by atoms with Gasteiger partial charge in [0, 0.05) is 0 Å². The van der Waals surface area contributed by atoms with E-state index < -0.39 is 7.32 Å². The Hall–Kier alpha value is -1.71. The zero-order valence-electron chi connectivity index (χ0n) is 10.5. The highest BCUT2D eigenvalue weighted by atomic mass is 16.6. The van der Waals surface area contributed by atoms with Crippen LogP contribution in [0.4, 0.5) is 0 Å². The standard InChI is InChI=1S/C12H16BNO4/c1-3-9(2)8-17-12-5-4-11(18-13(15)16)6-10(12)7-14/h4-6,9,15-16H,3,8H2,1-2H3/t9-/m0/s1. The largest absolute Gasteiger partial charge is 0.707 e. The summed E-state index contributed by atoms with van der Waals surface area (Å²) < 4.78 is 10.2. The van der Waals surface area contributed by atoms with Crippen LogP contribution < -0.4 is 9.39 Å². The summed E-state index contributed by atoms with van der Waals surface area (Å²) in [5.41, 5.74) is 0.302. The van der Waals surface area contributed by atoms with Crippen molar-refractivity contribution in [3.05, 3.63) is 23.8 Å². The van der Waals surface area contributed by atoms with Gasteiger partial charge in [0.15, 0.2) is 0 Å². The topological polar surface area (TPSA) is 82.7 Å². The van der Waals surface area contributed by atoms with Crippen molar-refractivity contribution in [1.82, 2.24) is 0 Å². The third kappa shape index (κ3) is 4.28. The van der Waals surface area contributed by atoms with Crippen LogP contribution >= 0.6 is 0 Å². The summed E-state index contributed by atoms with van der Waals surface area (Å²) in [6, 6.07) is 6.49. The van der Waals surface area contributed by atoms with E-state index in [1.54, 1.807) is 6.07 Å². The van der Waals surface area contributed by atoms with Gasteiger partial charge < -0.3 is 19.4 Å². The van der Waals surface area contributed by atoms with Crippen LogP contribution in [0.5, 0.6) is 11.5 Å². The lowest BCUT2D eigenvalue weighted by Crippen LogP contribution is -2.20. The third-order valence-electron chi connectivity index (χ3n) is 2.53. The van der Waals surface area contributed by atoms with E-state index in [-0.39, 0.29) is 5.75 Å². The van der Waals surface area contributed by atoms with Gasteiger partial charge in [-0.3, -0.25) is 0 Å². The van der Waals surface area contributed by atoms with Crippen LogP contribution in [0, 0.1) is 17.2 Å². The molecule has 1 aromatic carbocycles. The van der Waals surface area contributed by atoms with E-state index >= 15 is 0 Å². The average molecular weight is 249 g/mol. The van der Waals surface area contributed by atoms with E-state index in [0.717, 1.165) is 6.42 Å². The molecule has 0 spiro atoms. The molecule has 0 aliphatic carbocycles. The molecule has 0 aromatic heterocycles. The van der Waals surface area contributed by atoms with Crippen LogP contribution in [0.25, 0.3) is 0 Å². The molecular weight excluding hydrogens is 233 g/mol. The lowest BCUT2D eigenvalue weighted by molar-refractivity contribution is 0.255. The Morgan fingerprint density at radius 2 is 2.17 bits per heavy atom. The molecule has 1 rings (SSSR count). The summed E-state index contributed by atoms with van der Waals surface area (Å²) in [5.74, 6) is 1.08. The molecule has 0 saturated heterocycles. The highest BCUT2D eigenvalue weighted by molar-refractivity contribution is 6.33. The number of hydrogen-bond acceptors (Lipinski definition) is 5. The van der Waals surface area contributed by atoms with E-state index in [4.69, 9.17) is 20.0 Å². The van der Waals surface area contributed by atoms with Crippen molar-refractivity contribution in [3.63, 3.8) is 0 Å². The first-order valence-electron chi connectivity index (χ1n) is 5.76. The van der Waals surface area contributed by atoms with Gasteiger partial charge in [-0.25, -0.2) is 0 Å². The van der Waals surface area contributed by atoms with Crippen molar-refractivity contribution in [2.24, 2.45) is 5.92 Å². The quantitative estimate of drug-likeness (QED) is 0.743. The first-order valence-corrected chi connectivity index (χ1v) is 5.76. The molecule has 96 valence electrons. The molecule has 6 heteroatoms. The summed E-state index contributed by atoms with van der Waals surface area (Å²) >= 11 is 0. The van der Waals surface area contributed by atoms with E-state index in [9.17, 15) is 0 Å². The zero-order chi connectivity index (χ0) is 13.5. The van der Waals surface area contributed by atoms with Crippen molar-refractivity contribution >= 4 is 7.32 Å². The summed E-state index contributed by atoms with van der Waals surface area (Å²) in [6.07, 6.45) is 1.000. The molecule has 0 bridgehead atoms. The van der Waals surface area contributed by atoms with E-state index in [2.05, 4.69) is 18.5 Å². The summed E-state index contributed by atoms with van der Waals surface area (Å²) in [6.45, 7) is 4.67. The van der Waals surface area contributed by atoms with Crippen LogP contribution in [0.15, 0.2) is 18.2 Å². The highest BCUT2D eigenvalue weighted by Gasteiger charge is 2.13. The first-order chi connectivity index (χ1) is 8.56. The van der Waals surface area contributed by atoms with Gasteiger partial charge in [-0.1, -0.05) is 20.3 Å². The zero-order valence-corrected chi connectivity index (χ0v) is 10.5. The fourth-order valence-electron chi connectivity index (χ4n) is 1.27. The van der Waals surface area contributed by atoms with E-state index in [1.165, 1.54) is 12.1 Å². The summed E-state index contributed by atoms with van der Waals surface area (Å²) in [7, 11) is -1.90. The van der Waals surface area contributed by atoms with Gasteiger partial charge in [0.2, 0.25) is 0 Å². The molecule has 0 heterocycles. The molecule has 2 N–H and O–H groups in total. The van der Waals surface area contributed by atoms with Gasteiger partial charge in [-0.2, -0.15) is 5.26 Å². The molecule has 0 unspecified atom stereocenters. The molecule has 0 fully saturated rings. The predicted molar refractivity (Wildman–Crippen MR) is 66.9 cm³/mol. The Bertz CT molecular complexity index is 431. The van der Waals surface area contributed by atoms with Gasteiger partial charge >= 0.3 is 7.32 Å². The van der Waals surface area contributed by atoms with Gasteiger partial charge in [0.05, 0.1) is 12.2 Å². The molecule has 18 heavy (non-hydrogen) atoms. The third-order valence-corrected chi connectivity index (χ3v) is 2.53. The molecule has 1 aromatic rings. The number of nitriles is 1. The number of benzene rings is 1. The van der Waals surface area contributed by atoms with Gasteiger partial charge in [-0.15, -0.1) is 0 Å². The van der Waals surface area contributed by atoms with Gasteiger partial charge in [-0.05, 0) is 24.1 Å². The minimum atomic E-state index is -1.90. The number of nitrogens with zero attached hydrogens (tertiary/aromatic N) is 1. The Morgan fingerprint density at radius 1 is 1.44 bits per heavy atom. The Kier molecular flexibility index (Phi) is 5.50. The summed E-state index contributed by atoms with van der Waals surface area (Å²) in [4.78, 5) is 0. The van der Waals surface area contributed by atoms with Crippen LogP contribution in [-0.2, 0) is 0 Å². The Morgan fingerprint density at radius 3 is 2.72 bits per heavy atom. The fraction of sp³-hybridized carbons (Fsp3) is 0.417. The molecule has 0 amide bonds. The molecule has 0 aliphatic heterocycles. The smallest absolute Gasteiger partial charge is 0.512 e. The molecule has 0 aliphatic rings. The minimum Gasteiger partial charge on any atom is -0.512 e. The predicted octanol–water partition coefficient (Wildman–Crippen LogP) is 1.33. The van der Waals surface area contributed by atoms with E-state index in [1.807, 2.05) is 6.07 Å². The van der Waals surface area contributed by atoms with Crippen LogP contribution in [0.2, 0.25) is 0 Å². The van der Waals surface area contributed by atoms with Gasteiger partial charge in [0.25, 0.3) is 0 Å². The van der Waals surface area contributed by atoms with Crippen molar-refractivity contribution in [3.8, 4) is 17.6 Å². The summed E-state index contributed by atoms with van der Waals surface area (Å²) in [5, 5.41) is 26.3. The number of ether oxygens (including phenoxy) is 1. The molecule has 5 nitrogen and oxygen atoms in total. The van der Waals surface area contributed by atoms with Crippen molar-refractivity contribution in [1.29, 1.82) is 5.26 Å². The van der Waals surface area contributed by atoms with Crippen LogP contribution in [0.3, 0.4) is 0 Å². The minimum absolute atomic E-state index is 0.206. The van der Waals surface area contributed by atoms with E-state index in [0.29, 0.717) is 23.8 Å². The van der Waals surface area contributed by atoms with Crippen LogP contribution in [-0.4, -0.2) is 24.0 Å². The maximum atomic E-state index is 8.99. The monoisotopic (exact) mass is 249 g/mol. The van der Waals surface area contributed by atoms with Crippen LogP contribution in [0.1, 0.15) is 25.8 Å². The SMILES string of the molecule is CC[C@H](C)COc1ccc(OB(O)O)cc1C#N. The normalized spacial score (nSPS) is 11.5. The van der Waals surface area contributed by atoms with Crippen molar-refractivity contribution in [2.75, 3.05) is 6.61 Å². The first kappa shape index (κ1) is 14.4. The molecular formula is C12H16BNO4. The second-order valence-electron chi connectivity index (χ2n) is 4.04. The van der Waals surface area contributed by atoms with Gasteiger partial charge in [0.1, 0.15) is 17.6 Å². The lowest BCUT2D eigenvalue weighted by atomic mass is 10.1. The fourth-order valence-corrected chi connectivity index (χ4v) is 1.27. The van der Waals surface area contributed by atoms with Crippen molar-refractivity contribution in [2.45, 2.75) is 20.3 Å². The Labute approximate surface area is 107 Å². The maximum Gasteiger partial charge on any atom is 0.707 e. The second kappa shape index (κ2) is 6.89. The number of hydrogen-bond donors (Lipinski definition) is 2. The maximum absolute atomic E-state index is 8.99. The Balaban J connectivity index is 2.78. The van der Waals surface area contributed by atoms with Crippen molar-refractivity contribution < 1.29 is 19.4 Å².